The number of benzene rings is 2. The molecule has 0 aliphatic carbocycles. The lowest BCUT2D eigenvalue weighted by molar-refractivity contribution is 0.194. The third-order valence-corrected chi connectivity index (χ3v) is 2.65. The van der Waals surface area contributed by atoms with E-state index in [2.05, 4.69) is 0 Å². The Hall–Kier alpha value is -2.38. The van der Waals surface area contributed by atoms with E-state index in [-0.39, 0.29) is 5.75 Å². The highest BCUT2D eigenvalue weighted by Crippen LogP contribution is 2.32. The van der Waals surface area contributed by atoms with Gasteiger partial charge in [-0.15, -0.1) is 0 Å². The zero-order chi connectivity index (χ0) is 13.8. The first-order valence-electron chi connectivity index (χ1n) is 5.76. The lowest BCUT2D eigenvalue weighted by Crippen LogP contribution is -1.98. The Bertz CT molecular complexity index is 615. The summed E-state index contributed by atoms with van der Waals surface area (Å²) in [7, 11) is 0. The Morgan fingerprint density at radius 3 is 2.47 bits per heavy atom. The minimum Gasteiger partial charge on any atom is -0.454 e. The summed E-state index contributed by atoms with van der Waals surface area (Å²) >= 11 is 0. The van der Waals surface area contributed by atoms with Gasteiger partial charge >= 0.3 is 0 Å². The zero-order valence-electron chi connectivity index (χ0n) is 10.3. The maximum Gasteiger partial charge on any atom is 0.168 e. The molecule has 0 bridgehead atoms. The largest absolute Gasteiger partial charge is 0.454 e. The predicted molar refractivity (Wildman–Crippen MR) is 68.3 cm³/mol. The van der Waals surface area contributed by atoms with Crippen LogP contribution in [-0.2, 0) is 0 Å². The number of nitriles is 1. The molecule has 0 unspecified atom stereocenters. The molecule has 0 aliphatic heterocycles. The molecule has 19 heavy (non-hydrogen) atoms. The number of ether oxygens (including phenoxy) is 1. The normalized spacial score (nSPS) is 11.7. The van der Waals surface area contributed by atoms with Crippen LogP contribution in [0.1, 0.15) is 24.2 Å². The van der Waals surface area contributed by atoms with Crippen LogP contribution in [0.25, 0.3) is 0 Å². The van der Waals surface area contributed by atoms with Gasteiger partial charge in [0.05, 0.1) is 17.7 Å². The maximum absolute atomic E-state index is 13.8. The number of aliphatic hydroxyl groups is 1. The summed E-state index contributed by atoms with van der Waals surface area (Å²) in [6.45, 7) is 1.54. The second-order valence-corrected chi connectivity index (χ2v) is 4.07. The van der Waals surface area contributed by atoms with Gasteiger partial charge in [-0.2, -0.15) is 5.26 Å². The second kappa shape index (κ2) is 5.51. The van der Waals surface area contributed by atoms with Crippen molar-refractivity contribution in [3.63, 3.8) is 0 Å². The molecule has 96 valence electrons. The zero-order valence-corrected chi connectivity index (χ0v) is 10.3. The minimum atomic E-state index is -0.830. The number of aliphatic hydroxyl groups excluding tert-OH is 1. The first kappa shape index (κ1) is 13.1. The molecule has 4 heteroatoms. The Morgan fingerprint density at radius 2 is 1.89 bits per heavy atom. The lowest BCUT2D eigenvalue weighted by Gasteiger charge is -2.13. The van der Waals surface area contributed by atoms with Gasteiger partial charge in [0, 0.05) is 5.56 Å². The summed E-state index contributed by atoms with van der Waals surface area (Å²) < 4.78 is 19.2. The average molecular weight is 257 g/mol. The van der Waals surface area contributed by atoms with Crippen LogP contribution in [-0.4, -0.2) is 5.11 Å². The van der Waals surface area contributed by atoms with E-state index >= 15 is 0 Å². The molecule has 0 saturated heterocycles. The highest BCUT2D eigenvalue weighted by Gasteiger charge is 2.14. The fourth-order valence-electron chi connectivity index (χ4n) is 1.68. The van der Waals surface area contributed by atoms with Crippen molar-refractivity contribution in [1.29, 1.82) is 5.26 Å². The molecule has 0 radical (unpaired) electrons. The molecule has 2 rings (SSSR count). The summed E-state index contributed by atoms with van der Waals surface area (Å²) in [6.07, 6.45) is -0.830. The number of hydrogen-bond donors (Lipinski definition) is 1. The quantitative estimate of drug-likeness (QED) is 0.914. The standard InChI is InChI=1S/C15H12FNO2/c1-10(18)13-3-2-4-14(16)15(13)19-12-7-5-11(9-17)6-8-12/h2-8,10,18H,1H3/t10-/m1/s1. The first-order valence-corrected chi connectivity index (χ1v) is 5.76. The Kier molecular flexibility index (Phi) is 3.79. The molecular formula is C15H12FNO2. The smallest absolute Gasteiger partial charge is 0.168 e. The topological polar surface area (TPSA) is 53.2 Å². The molecule has 0 fully saturated rings. The van der Waals surface area contributed by atoms with Crippen molar-refractivity contribution in [1.82, 2.24) is 0 Å². The molecular weight excluding hydrogens is 245 g/mol. The Labute approximate surface area is 110 Å². The highest BCUT2D eigenvalue weighted by molar-refractivity contribution is 5.42. The molecule has 3 nitrogen and oxygen atoms in total. The molecule has 1 atom stereocenters. The number of rotatable bonds is 3. The first-order chi connectivity index (χ1) is 9.11. The molecule has 0 amide bonds. The van der Waals surface area contributed by atoms with E-state index in [1.54, 1.807) is 37.3 Å². The molecule has 0 saturated carbocycles. The SMILES string of the molecule is C[C@@H](O)c1cccc(F)c1Oc1ccc(C#N)cc1. The van der Waals surface area contributed by atoms with Gasteiger partial charge in [-0.1, -0.05) is 12.1 Å². The van der Waals surface area contributed by atoms with Gasteiger partial charge in [0.25, 0.3) is 0 Å². The van der Waals surface area contributed by atoms with Crippen molar-refractivity contribution in [3.8, 4) is 17.6 Å². The van der Waals surface area contributed by atoms with E-state index in [0.29, 0.717) is 16.9 Å². The average Bonchev–Trinajstić information content (AvgIpc) is 2.41. The van der Waals surface area contributed by atoms with Gasteiger partial charge in [-0.3, -0.25) is 0 Å². The van der Waals surface area contributed by atoms with Gasteiger partial charge in [0.15, 0.2) is 11.6 Å². The number of halogens is 1. The summed E-state index contributed by atoms with van der Waals surface area (Å²) in [5.41, 5.74) is 0.876. The van der Waals surface area contributed by atoms with Crippen molar-refractivity contribution in [2.45, 2.75) is 13.0 Å². The monoisotopic (exact) mass is 257 g/mol. The summed E-state index contributed by atoms with van der Waals surface area (Å²) in [5.74, 6) is -0.129. The summed E-state index contributed by atoms with van der Waals surface area (Å²) in [6, 6.07) is 12.7. The lowest BCUT2D eigenvalue weighted by atomic mass is 10.1. The van der Waals surface area contributed by atoms with Crippen molar-refractivity contribution >= 4 is 0 Å². The van der Waals surface area contributed by atoms with Crippen molar-refractivity contribution in [3.05, 3.63) is 59.4 Å². The van der Waals surface area contributed by atoms with E-state index < -0.39 is 11.9 Å². The number of para-hydroxylation sites is 1. The molecule has 0 spiro atoms. The second-order valence-electron chi connectivity index (χ2n) is 4.07. The van der Waals surface area contributed by atoms with Crippen LogP contribution in [0.2, 0.25) is 0 Å². The molecule has 1 N–H and O–H groups in total. The van der Waals surface area contributed by atoms with Crippen LogP contribution < -0.4 is 4.74 Å². The third-order valence-electron chi connectivity index (χ3n) is 2.65. The highest BCUT2D eigenvalue weighted by atomic mass is 19.1. The molecule has 0 aliphatic rings. The van der Waals surface area contributed by atoms with E-state index in [4.69, 9.17) is 10.00 Å². The number of hydrogen-bond acceptors (Lipinski definition) is 3. The Balaban J connectivity index is 2.34. The van der Waals surface area contributed by atoms with Crippen LogP contribution in [0, 0.1) is 17.1 Å². The van der Waals surface area contributed by atoms with E-state index in [9.17, 15) is 9.50 Å². The third kappa shape index (κ3) is 2.90. The molecule has 2 aromatic carbocycles. The molecule has 0 heterocycles. The van der Waals surface area contributed by atoms with Crippen molar-refractivity contribution in [2.24, 2.45) is 0 Å². The van der Waals surface area contributed by atoms with Crippen LogP contribution in [0.3, 0.4) is 0 Å². The molecule has 0 aromatic heterocycles. The predicted octanol–water partition coefficient (Wildman–Crippen LogP) is 3.54. The van der Waals surface area contributed by atoms with Gasteiger partial charge in [0.1, 0.15) is 5.75 Å². The van der Waals surface area contributed by atoms with Gasteiger partial charge in [-0.25, -0.2) is 4.39 Å². The van der Waals surface area contributed by atoms with Crippen LogP contribution in [0.4, 0.5) is 4.39 Å². The maximum atomic E-state index is 13.8. The van der Waals surface area contributed by atoms with Gasteiger partial charge in [-0.05, 0) is 37.3 Å². The summed E-state index contributed by atoms with van der Waals surface area (Å²) in [4.78, 5) is 0. The van der Waals surface area contributed by atoms with Crippen molar-refractivity contribution < 1.29 is 14.2 Å². The summed E-state index contributed by atoms with van der Waals surface area (Å²) in [5, 5.41) is 18.3. The van der Waals surface area contributed by atoms with E-state index in [1.165, 1.54) is 12.1 Å². The Morgan fingerprint density at radius 1 is 1.21 bits per heavy atom. The molecule has 2 aromatic rings. The number of nitrogens with zero attached hydrogens (tertiary/aromatic N) is 1. The fourth-order valence-corrected chi connectivity index (χ4v) is 1.68. The van der Waals surface area contributed by atoms with Crippen LogP contribution >= 0.6 is 0 Å². The van der Waals surface area contributed by atoms with E-state index in [0.717, 1.165) is 0 Å². The van der Waals surface area contributed by atoms with E-state index in [1.807, 2.05) is 6.07 Å². The minimum absolute atomic E-state index is 0.00204. The van der Waals surface area contributed by atoms with Crippen LogP contribution in [0.15, 0.2) is 42.5 Å². The van der Waals surface area contributed by atoms with Crippen LogP contribution in [0.5, 0.6) is 11.5 Å². The van der Waals surface area contributed by atoms with Gasteiger partial charge < -0.3 is 9.84 Å². The fraction of sp³-hybridized carbons (Fsp3) is 0.133. The van der Waals surface area contributed by atoms with Crippen molar-refractivity contribution in [2.75, 3.05) is 0 Å². The van der Waals surface area contributed by atoms with Gasteiger partial charge in [0.2, 0.25) is 0 Å².